The van der Waals surface area contributed by atoms with Crippen molar-refractivity contribution in [2.24, 2.45) is 0 Å². The maximum atomic E-state index is 12.2. The third-order valence-corrected chi connectivity index (χ3v) is 4.19. The van der Waals surface area contributed by atoms with Crippen molar-refractivity contribution in [1.82, 2.24) is 15.0 Å². The first kappa shape index (κ1) is 14.7. The summed E-state index contributed by atoms with van der Waals surface area (Å²) in [7, 11) is 1.77. The SMILES string of the molecule is Cc1ncsc1CCN(C)C(=O)c1cc(C(C)C)no1. The summed E-state index contributed by atoms with van der Waals surface area (Å²) in [6, 6.07) is 1.72. The highest BCUT2D eigenvalue weighted by Gasteiger charge is 2.18. The minimum atomic E-state index is -0.133. The van der Waals surface area contributed by atoms with E-state index < -0.39 is 0 Å². The zero-order chi connectivity index (χ0) is 14.7. The topological polar surface area (TPSA) is 59.2 Å². The molecule has 0 aliphatic carbocycles. The molecule has 0 aliphatic rings. The second-order valence-corrected chi connectivity index (χ2v) is 6.05. The largest absolute Gasteiger partial charge is 0.351 e. The Morgan fingerprint density at radius 3 is 2.80 bits per heavy atom. The van der Waals surface area contributed by atoms with Gasteiger partial charge in [-0.25, -0.2) is 4.98 Å². The molecule has 1 amide bonds. The summed E-state index contributed by atoms with van der Waals surface area (Å²) in [6.45, 7) is 6.66. The van der Waals surface area contributed by atoms with E-state index in [2.05, 4.69) is 10.1 Å². The van der Waals surface area contributed by atoms with Gasteiger partial charge in [-0.2, -0.15) is 0 Å². The summed E-state index contributed by atoms with van der Waals surface area (Å²) in [5.74, 6) is 0.425. The molecule has 2 aromatic rings. The van der Waals surface area contributed by atoms with Crippen molar-refractivity contribution >= 4 is 17.2 Å². The van der Waals surface area contributed by atoms with Crippen LogP contribution in [0.15, 0.2) is 16.1 Å². The zero-order valence-electron chi connectivity index (χ0n) is 12.2. The van der Waals surface area contributed by atoms with Crippen molar-refractivity contribution in [3.05, 3.63) is 33.6 Å². The number of hydrogen-bond donors (Lipinski definition) is 0. The highest BCUT2D eigenvalue weighted by atomic mass is 32.1. The smallest absolute Gasteiger partial charge is 0.292 e. The molecule has 0 atom stereocenters. The summed E-state index contributed by atoms with van der Waals surface area (Å²) in [5, 5.41) is 3.91. The molecule has 0 bridgehead atoms. The van der Waals surface area contributed by atoms with E-state index in [0.29, 0.717) is 12.3 Å². The molecule has 6 heteroatoms. The number of likely N-dealkylation sites (N-methyl/N-ethyl adjacent to an activating group) is 1. The number of carbonyl (C=O) groups is 1. The Morgan fingerprint density at radius 2 is 2.25 bits per heavy atom. The molecule has 108 valence electrons. The number of hydrogen-bond acceptors (Lipinski definition) is 5. The molecular weight excluding hydrogens is 274 g/mol. The molecule has 0 unspecified atom stereocenters. The summed E-state index contributed by atoms with van der Waals surface area (Å²) in [6.07, 6.45) is 0.809. The van der Waals surface area contributed by atoms with Crippen LogP contribution in [0.2, 0.25) is 0 Å². The van der Waals surface area contributed by atoms with E-state index in [4.69, 9.17) is 4.52 Å². The highest BCUT2D eigenvalue weighted by molar-refractivity contribution is 7.09. The Labute approximate surface area is 122 Å². The fourth-order valence-electron chi connectivity index (χ4n) is 1.79. The van der Waals surface area contributed by atoms with Gasteiger partial charge >= 0.3 is 0 Å². The maximum absolute atomic E-state index is 12.2. The predicted octanol–water partition coefficient (Wildman–Crippen LogP) is 2.88. The van der Waals surface area contributed by atoms with E-state index in [1.54, 1.807) is 29.4 Å². The average molecular weight is 293 g/mol. The van der Waals surface area contributed by atoms with Gasteiger partial charge in [0.2, 0.25) is 5.76 Å². The third kappa shape index (κ3) is 3.25. The molecule has 0 spiro atoms. The fourth-order valence-corrected chi connectivity index (χ4v) is 2.56. The number of aryl methyl sites for hydroxylation is 1. The van der Waals surface area contributed by atoms with Gasteiger partial charge in [-0.3, -0.25) is 4.79 Å². The van der Waals surface area contributed by atoms with Crippen LogP contribution in [0.4, 0.5) is 0 Å². The predicted molar refractivity (Wildman–Crippen MR) is 78.1 cm³/mol. The van der Waals surface area contributed by atoms with Crippen molar-refractivity contribution in [1.29, 1.82) is 0 Å². The number of nitrogens with zero attached hydrogens (tertiary/aromatic N) is 3. The van der Waals surface area contributed by atoms with Gasteiger partial charge in [-0.1, -0.05) is 19.0 Å². The summed E-state index contributed by atoms with van der Waals surface area (Å²) in [5.41, 5.74) is 3.68. The van der Waals surface area contributed by atoms with E-state index in [0.717, 1.165) is 17.8 Å². The molecule has 0 aliphatic heterocycles. The quantitative estimate of drug-likeness (QED) is 0.850. The van der Waals surface area contributed by atoms with Gasteiger partial charge in [0, 0.05) is 31.0 Å². The lowest BCUT2D eigenvalue weighted by Gasteiger charge is -2.14. The van der Waals surface area contributed by atoms with Gasteiger partial charge in [0.15, 0.2) is 0 Å². The number of thiazole rings is 1. The normalized spacial score (nSPS) is 11.1. The van der Waals surface area contributed by atoms with Crippen molar-refractivity contribution in [2.45, 2.75) is 33.1 Å². The second kappa shape index (κ2) is 6.17. The van der Waals surface area contributed by atoms with Crippen LogP contribution in [0.1, 0.15) is 46.6 Å². The highest BCUT2D eigenvalue weighted by Crippen LogP contribution is 2.16. The van der Waals surface area contributed by atoms with Crippen LogP contribution < -0.4 is 0 Å². The standard InChI is InChI=1S/C14H19N3O2S/c1-9(2)11-7-12(19-16-11)14(18)17(4)6-5-13-10(3)15-8-20-13/h7-9H,5-6H2,1-4H3. The van der Waals surface area contributed by atoms with Gasteiger partial charge in [0.05, 0.1) is 16.9 Å². The van der Waals surface area contributed by atoms with Crippen LogP contribution in [-0.4, -0.2) is 34.5 Å². The lowest BCUT2D eigenvalue weighted by molar-refractivity contribution is 0.0755. The zero-order valence-corrected chi connectivity index (χ0v) is 13.0. The van der Waals surface area contributed by atoms with Crippen LogP contribution in [0.5, 0.6) is 0 Å². The first-order valence-corrected chi connectivity index (χ1v) is 7.48. The summed E-state index contributed by atoms with van der Waals surface area (Å²) >= 11 is 1.62. The van der Waals surface area contributed by atoms with Gasteiger partial charge in [0.25, 0.3) is 5.91 Å². The van der Waals surface area contributed by atoms with Crippen LogP contribution >= 0.6 is 11.3 Å². The lowest BCUT2D eigenvalue weighted by Crippen LogP contribution is -2.28. The minimum Gasteiger partial charge on any atom is -0.351 e. The van der Waals surface area contributed by atoms with Gasteiger partial charge < -0.3 is 9.42 Å². The van der Waals surface area contributed by atoms with Crippen molar-refractivity contribution in [3.63, 3.8) is 0 Å². The van der Waals surface area contributed by atoms with Crippen LogP contribution in [0, 0.1) is 6.92 Å². The van der Waals surface area contributed by atoms with Gasteiger partial charge in [-0.15, -0.1) is 11.3 Å². The number of amides is 1. The maximum Gasteiger partial charge on any atom is 0.292 e. The third-order valence-electron chi connectivity index (χ3n) is 3.20. The van der Waals surface area contributed by atoms with Crippen LogP contribution in [-0.2, 0) is 6.42 Å². The molecule has 0 radical (unpaired) electrons. The summed E-state index contributed by atoms with van der Waals surface area (Å²) in [4.78, 5) is 19.3. The fraction of sp³-hybridized carbons (Fsp3) is 0.500. The number of aromatic nitrogens is 2. The van der Waals surface area contributed by atoms with E-state index in [9.17, 15) is 4.79 Å². The monoisotopic (exact) mass is 293 g/mol. The Kier molecular flexibility index (Phi) is 4.54. The van der Waals surface area contributed by atoms with Crippen LogP contribution in [0.25, 0.3) is 0 Å². The van der Waals surface area contributed by atoms with Crippen molar-refractivity contribution in [3.8, 4) is 0 Å². The van der Waals surface area contributed by atoms with E-state index in [-0.39, 0.29) is 11.8 Å². The Bertz CT molecular complexity index is 589. The van der Waals surface area contributed by atoms with E-state index >= 15 is 0 Å². The van der Waals surface area contributed by atoms with E-state index in [1.807, 2.05) is 26.3 Å². The molecule has 2 heterocycles. The Hall–Kier alpha value is -1.69. The Balaban J connectivity index is 1.96. The molecule has 5 nitrogen and oxygen atoms in total. The summed E-state index contributed by atoms with van der Waals surface area (Å²) < 4.78 is 5.12. The average Bonchev–Trinajstić information content (AvgIpc) is 3.04. The molecule has 0 fully saturated rings. The van der Waals surface area contributed by atoms with Gasteiger partial charge in [0.1, 0.15) is 0 Å². The first-order valence-electron chi connectivity index (χ1n) is 6.60. The molecule has 0 N–H and O–H groups in total. The van der Waals surface area contributed by atoms with E-state index in [1.165, 1.54) is 4.88 Å². The first-order chi connectivity index (χ1) is 9.49. The molecule has 0 aromatic carbocycles. The second-order valence-electron chi connectivity index (χ2n) is 5.11. The number of rotatable bonds is 5. The lowest BCUT2D eigenvalue weighted by atomic mass is 10.1. The molecule has 0 saturated heterocycles. The molecule has 20 heavy (non-hydrogen) atoms. The van der Waals surface area contributed by atoms with Crippen molar-refractivity contribution in [2.75, 3.05) is 13.6 Å². The molecule has 2 rings (SSSR count). The van der Waals surface area contributed by atoms with Crippen LogP contribution in [0.3, 0.4) is 0 Å². The van der Waals surface area contributed by atoms with Gasteiger partial charge in [-0.05, 0) is 12.8 Å². The molecule has 2 aromatic heterocycles. The van der Waals surface area contributed by atoms with Crippen molar-refractivity contribution < 1.29 is 9.32 Å². The minimum absolute atomic E-state index is 0.133. The number of carbonyl (C=O) groups excluding carboxylic acids is 1. The Morgan fingerprint density at radius 1 is 1.50 bits per heavy atom. The molecule has 0 saturated carbocycles. The molecular formula is C14H19N3O2S.